The van der Waals surface area contributed by atoms with Crippen molar-refractivity contribution in [2.75, 3.05) is 7.05 Å². The van der Waals surface area contributed by atoms with Gasteiger partial charge in [-0.2, -0.15) is 0 Å². The van der Waals surface area contributed by atoms with E-state index in [1.165, 1.54) is 11.1 Å². The molecule has 102 valence electrons. The first-order chi connectivity index (χ1) is 8.95. The van der Waals surface area contributed by atoms with Crippen molar-refractivity contribution < 1.29 is 4.42 Å². The molecule has 0 aliphatic heterocycles. The van der Waals surface area contributed by atoms with E-state index in [2.05, 4.69) is 24.4 Å². The summed E-state index contributed by atoms with van der Waals surface area (Å²) in [7, 11) is 1.96. The minimum Gasteiger partial charge on any atom is -0.466 e. The molecule has 1 unspecified atom stereocenters. The van der Waals surface area contributed by atoms with Gasteiger partial charge in [-0.25, -0.2) is 0 Å². The number of furan rings is 1. The Morgan fingerprint density at radius 2 is 1.79 bits per heavy atom. The molecule has 0 saturated carbocycles. The smallest absolute Gasteiger partial charge is 0.106 e. The normalized spacial score (nSPS) is 12.7. The van der Waals surface area contributed by atoms with Gasteiger partial charge in [-0.1, -0.05) is 23.7 Å². The van der Waals surface area contributed by atoms with Gasteiger partial charge in [0.1, 0.15) is 11.5 Å². The van der Waals surface area contributed by atoms with Crippen molar-refractivity contribution in [3.05, 3.63) is 57.0 Å². The summed E-state index contributed by atoms with van der Waals surface area (Å²) < 4.78 is 5.73. The number of halogens is 1. The number of hydrogen-bond acceptors (Lipinski definition) is 2. The van der Waals surface area contributed by atoms with Crippen LogP contribution in [-0.4, -0.2) is 7.05 Å². The van der Waals surface area contributed by atoms with Crippen LogP contribution in [0.1, 0.15) is 39.8 Å². The Labute approximate surface area is 119 Å². The zero-order chi connectivity index (χ0) is 14.2. The molecule has 2 aromatic rings. The van der Waals surface area contributed by atoms with Crippen molar-refractivity contribution in [1.82, 2.24) is 5.32 Å². The van der Waals surface area contributed by atoms with Crippen LogP contribution in [0.2, 0.25) is 5.02 Å². The van der Waals surface area contributed by atoms with E-state index < -0.39 is 0 Å². The summed E-state index contributed by atoms with van der Waals surface area (Å²) in [6.45, 7) is 8.12. The molecule has 1 atom stereocenters. The third-order valence-electron chi connectivity index (χ3n) is 3.72. The summed E-state index contributed by atoms with van der Waals surface area (Å²) in [5, 5.41) is 4.16. The van der Waals surface area contributed by atoms with Gasteiger partial charge in [0, 0.05) is 10.6 Å². The van der Waals surface area contributed by atoms with Gasteiger partial charge in [-0.05, 0) is 57.5 Å². The molecular weight excluding hydrogens is 258 g/mol. The highest BCUT2D eigenvalue weighted by molar-refractivity contribution is 6.31. The monoisotopic (exact) mass is 277 g/mol. The second kappa shape index (κ2) is 5.40. The van der Waals surface area contributed by atoms with Crippen molar-refractivity contribution in [1.29, 1.82) is 0 Å². The first-order valence-electron chi connectivity index (χ1n) is 6.45. The fraction of sp³-hybridized carbons (Fsp3) is 0.375. The van der Waals surface area contributed by atoms with E-state index in [0.717, 1.165) is 27.7 Å². The maximum absolute atomic E-state index is 6.24. The first-order valence-corrected chi connectivity index (χ1v) is 6.83. The third-order valence-corrected chi connectivity index (χ3v) is 4.13. The van der Waals surface area contributed by atoms with Crippen LogP contribution in [0.25, 0.3) is 0 Å². The fourth-order valence-electron chi connectivity index (χ4n) is 2.50. The van der Waals surface area contributed by atoms with Crippen LogP contribution in [0.3, 0.4) is 0 Å². The zero-order valence-corrected chi connectivity index (χ0v) is 12.9. The van der Waals surface area contributed by atoms with Crippen LogP contribution in [0.15, 0.2) is 22.6 Å². The van der Waals surface area contributed by atoms with Gasteiger partial charge in [0.15, 0.2) is 0 Å². The molecule has 0 aliphatic carbocycles. The van der Waals surface area contributed by atoms with E-state index in [1.54, 1.807) is 0 Å². The number of rotatable bonds is 3. The van der Waals surface area contributed by atoms with Crippen LogP contribution in [0.4, 0.5) is 0 Å². The number of hydrogen-bond donors (Lipinski definition) is 1. The molecule has 0 bridgehead atoms. The van der Waals surface area contributed by atoms with Crippen LogP contribution in [-0.2, 0) is 0 Å². The Morgan fingerprint density at radius 1 is 1.11 bits per heavy atom. The highest BCUT2D eigenvalue weighted by Gasteiger charge is 2.21. The average Bonchev–Trinajstić information content (AvgIpc) is 2.61. The third kappa shape index (κ3) is 2.56. The minimum atomic E-state index is 0.107. The molecule has 1 N–H and O–H groups in total. The maximum Gasteiger partial charge on any atom is 0.106 e. The van der Waals surface area contributed by atoms with Crippen LogP contribution in [0, 0.1) is 27.7 Å². The van der Waals surface area contributed by atoms with Crippen LogP contribution < -0.4 is 5.32 Å². The van der Waals surface area contributed by atoms with Gasteiger partial charge in [-0.3, -0.25) is 0 Å². The molecule has 0 spiro atoms. The molecule has 0 aliphatic rings. The van der Waals surface area contributed by atoms with E-state index in [0.29, 0.717) is 0 Å². The van der Waals surface area contributed by atoms with Gasteiger partial charge >= 0.3 is 0 Å². The number of benzene rings is 1. The molecular formula is C16H20ClNO. The predicted molar refractivity (Wildman–Crippen MR) is 80.0 cm³/mol. The van der Waals surface area contributed by atoms with Crippen molar-refractivity contribution in [3.63, 3.8) is 0 Å². The van der Waals surface area contributed by atoms with E-state index >= 15 is 0 Å². The van der Waals surface area contributed by atoms with Gasteiger partial charge in [0.2, 0.25) is 0 Å². The lowest BCUT2D eigenvalue weighted by Gasteiger charge is -2.18. The second-order valence-corrected chi connectivity index (χ2v) is 5.39. The Hall–Kier alpha value is -1.25. The Morgan fingerprint density at radius 3 is 2.26 bits per heavy atom. The molecule has 1 aromatic heterocycles. The highest BCUT2D eigenvalue weighted by Crippen LogP contribution is 2.32. The Balaban J connectivity index is 2.52. The molecule has 3 heteroatoms. The standard InChI is InChI=1S/C16H20ClNO/c1-9-6-7-13(8-14(9)17)16(18-5)15-10(2)11(3)19-12(15)4/h6-8,16,18H,1-5H3. The Kier molecular flexibility index (Phi) is 4.02. The fourth-order valence-corrected chi connectivity index (χ4v) is 2.69. The SMILES string of the molecule is CNC(c1ccc(C)c(Cl)c1)c1c(C)oc(C)c1C. The van der Waals surface area contributed by atoms with Gasteiger partial charge in [-0.15, -0.1) is 0 Å². The largest absolute Gasteiger partial charge is 0.466 e. The summed E-state index contributed by atoms with van der Waals surface area (Å²) >= 11 is 6.24. The van der Waals surface area contributed by atoms with E-state index in [4.69, 9.17) is 16.0 Å². The quantitative estimate of drug-likeness (QED) is 0.895. The van der Waals surface area contributed by atoms with Gasteiger partial charge < -0.3 is 9.73 Å². The van der Waals surface area contributed by atoms with E-state index in [-0.39, 0.29) is 6.04 Å². The molecule has 1 aromatic carbocycles. The molecule has 0 amide bonds. The first kappa shape index (κ1) is 14.2. The zero-order valence-electron chi connectivity index (χ0n) is 12.1. The van der Waals surface area contributed by atoms with Gasteiger partial charge in [0.05, 0.1) is 6.04 Å². The molecule has 19 heavy (non-hydrogen) atoms. The van der Waals surface area contributed by atoms with E-state index in [9.17, 15) is 0 Å². The summed E-state index contributed by atoms with van der Waals surface area (Å²) in [5.74, 6) is 1.94. The summed E-state index contributed by atoms with van der Waals surface area (Å²) in [6.07, 6.45) is 0. The molecule has 1 heterocycles. The summed E-state index contributed by atoms with van der Waals surface area (Å²) in [6, 6.07) is 6.30. The molecule has 0 radical (unpaired) electrons. The van der Waals surface area contributed by atoms with Crippen LogP contribution >= 0.6 is 11.6 Å². The highest BCUT2D eigenvalue weighted by atomic mass is 35.5. The predicted octanol–water partition coefficient (Wildman–Crippen LogP) is 4.48. The lowest BCUT2D eigenvalue weighted by atomic mass is 9.95. The van der Waals surface area contributed by atoms with Crippen molar-refractivity contribution in [2.45, 2.75) is 33.7 Å². The molecule has 0 fully saturated rings. The lowest BCUT2D eigenvalue weighted by Crippen LogP contribution is -2.19. The summed E-state index contributed by atoms with van der Waals surface area (Å²) in [5.41, 5.74) is 4.66. The number of nitrogens with one attached hydrogen (secondary N) is 1. The maximum atomic E-state index is 6.24. The van der Waals surface area contributed by atoms with E-state index in [1.807, 2.05) is 33.9 Å². The van der Waals surface area contributed by atoms with Crippen LogP contribution in [0.5, 0.6) is 0 Å². The van der Waals surface area contributed by atoms with Crippen molar-refractivity contribution in [3.8, 4) is 0 Å². The van der Waals surface area contributed by atoms with Gasteiger partial charge in [0.25, 0.3) is 0 Å². The molecule has 2 rings (SSSR count). The summed E-state index contributed by atoms with van der Waals surface area (Å²) in [4.78, 5) is 0. The number of aryl methyl sites for hydroxylation is 3. The topological polar surface area (TPSA) is 25.2 Å². The minimum absolute atomic E-state index is 0.107. The average molecular weight is 278 g/mol. The lowest BCUT2D eigenvalue weighted by molar-refractivity contribution is 0.495. The van der Waals surface area contributed by atoms with Crippen molar-refractivity contribution >= 4 is 11.6 Å². The van der Waals surface area contributed by atoms with Crippen molar-refractivity contribution in [2.24, 2.45) is 0 Å². The Bertz CT molecular complexity index is 601. The molecule has 2 nitrogen and oxygen atoms in total. The second-order valence-electron chi connectivity index (χ2n) is 4.98. The molecule has 0 saturated heterocycles.